The van der Waals surface area contributed by atoms with Crippen molar-refractivity contribution in [3.63, 3.8) is 0 Å². The number of hydrogen-bond acceptors (Lipinski definition) is 10. The van der Waals surface area contributed by atoms with E-state index in [1.165, 1.54) is 18.0 Å². The lowest BCUT2D eigenvalue weighted by atomic mass is 10.3. The van der Waals surface area contributed by atoms with Gasteiger partial charge in [0.25, 0.3) is 5.89 Å². The van der Waals surface area contributed by atoms with Gasteiger partial charge < -0.3 is 9.15 Å². The number of aromatic amines is 1. The minimum atomic E-state index is -0.676. The largest absolute Gasteiger partial charge is 0.475 e. The fourth-order valence-electron chi connectivity index (χ4n) is 2.02. The molecule has 0 atom stereocenters. The van der Waals surface area contributed by atoms with Gasteiger partial charge in [0.05, 0.1) is 17.0 Å². The van der Waals surface area contributed by atoms with Crippen molar-refractivity contribution in [1.82, 2.24) is 30.2 Å². The van der Waals surface area contributed by atoms with Crippen LogP contribution in [0.5, 0.6) is 5.88 Å². The predicted molar refractivity (Wildman–Crippen MR) is 77.7 cm³/mol. The number of H-pyrrole nitrogens is 1. The lowest BCUT2D eigenvalue weighted by Gasteiger charge is -1.96. The minimum Gasteiger partial charge on any atom is -0.475 e. The van der Waals surface area contributed by atoms with Crippen molar-refractivity contribution in [2.45, 2.75) is 13.0 Å². The van der Waals surface area contributed by atoms with Crippen molar-refractivity contribution in [3.8, 4) is 17.5 Å². The molecular formula is C11H10N8O6. The lowest BCUT2D eigenvalue weighted by Crippen LogP contribution is -2.01. The van der Waals surface area contributed by atoms with E-state index >= 15 is 0 Å². The molecule has 14 nitrogen and oxygen atoms in total. The third kappa shape index (κ3) is 3.12. The molecule has 3 aromatic heterocycles. The highest BCUT2D eigenvalue weighted by Crippen LogP contribution is 2.34. The van der Waals surface area contributed by atoms with E-state index in [1.807, 2.05) is 0 Å². The summed E-state index contributed by atoms with van der Waals surface area (Å²) in [6, 6.07) is 0. The Hall–Kier alpha value is -3.84. The Morgan fingerprint density at radius 3 is 2.76 bits per heavy atom. The number of hydrogen-bond donors (Lipinski definition) is 1. The van der Waals surface area contributed by atoms with E-state index in [4.69, 9.17) is 9.15 Å². The minimum absolute atomic E-state index is 0.0738. The van der Waals surface area contributed by atoms with E-state index in [-0.39, 0.29) is 42.0 Å². The van der Waals surface area contributed by atoms with Crippen molar-refractivity contribution >= 4 is 11.4 Å². The predicted octanol–water partition coefficient (Wildman–Crippen LogP) is 0.724. The zero-order valence-corrected chi connectivity index (χ0v) is 12.6. The maximum Gasteiger partial charge on any atom is 0.362 e. The van der Waals surface area contributed by atoms with Gasteiger partial charge in [0.1, 0.15) is 12.4 Å². The summed E-state index contributed by atoms with van der Waals surface area (Å²) in [4.78, 5) is 20.5. The van der Waals surface area contributed by atoms with Crippen LogP contribution >= 0.6 is 0 Å². The molecule has 0 radical (unpaired) electrons. The molecule has 1 N–H and O–H groups in total. The van der Waals surface area contributed by atoms with E-state index in [0.717, 1.165) is 6.20 Å². The first kappa shape index (κ1) is 16.0. The second-order valence-corrected chi connectivity index (χ2v) is 4.68. The first-order chi connectivity index (χ1) is 12.0. The summed E-state index contributed by atoms with van der Waals surface area (Å²) in [5.74, 6) is -0.149. The standard InChI is InChI=1S/C11H10N8O6/c1-24-11-9(19(22)23)8(14-16-11)10-15-13-7(25-10)2-3-17-5-6(4-12-17)18(20)21/h4-5H,2-3H2,1H3,(H,14,16). The highest BCUT2D eigenvalue weighted by Gasteiger charge is 2.30. The Bertz CT molecular complexity index is 927. The zero-order chi connectivity index (χ0) is 18.0. The molecule has 0 aromatic carbocycles. The Morgan fingerprint density at radius 2 is 2.12 bits per heavy atom. The maximum atomic E-state index is 11.1. The number of rotatable bonds is 7. The second-order valence-electron chi connectivity index (χ2n) is 4.68. The molecule has 130 valence electrons. The Morgan fingerprint density at radius 1 is 1.32 bits per heavy atom. The monoisotopic (exact) mass is 350 g/mol. The van der Waals surface area contributed by atoms with E-state index in [1.54, 1.807) is 0 Å². The van der Waals surface area contributed by atoms with Gasteiger partial charge in [0, 0.05) is 13.0 Å². The van der Waals surface area contributed by atoms with Gasteiger partial charge in [-0.25, -0.2) is 0 Å². The van der Waals surface area contributed by atoms with Crippen LogP contribution in [-0.2, 0) is 13.0 Å². The van der Waals surface area contributed by atoms with Crippen molar-refractivity contribution in [2.75, 3.05) is 7.11 Å². The molecule has 0 amide bonds. The van der Waals surface area contributed by atoms with Crippen LogP contribution in [-0.4, -0.2) is 47.1 Å². The highest BCUT2D eigenvalue weighted by atomic mass is 16.6. The van der Waals surface area contributed by atoms with Gasteiger partial charge in [-0.15, -0.1) is 15.3 Å². The Kier molecular flexibility index (Phi) is 4.07. The molecule has 0 aliphatic heterocycles. The first-order valence-electron chi connectivity index (χ1n) is 6.76. The van der Waals surface area contributed by atoms with Crippen LogP contribution in [0, 0.1) is 20.2 Å². The van der Waals surface area contributed by atoms with Crippen LogP contribution < -0.4 is 4.74 Å². The van der Waals surface area contributed by atoms with Crippen molar-refractivity contribution in [3.05, 3.63) is 38.5 Å². The molecule has 0 unspecified atom stereocenters. The summed E-state index contributed by atoms with van der Waals surface area (Å²) in [6.45, 7) is 0.254. The summed E-state index contributed by atoms with van der Waals surface area (Å²) in [5, 5.41) is 39.2. The van der Waals surface area contributed by atoms with Crippen LogP contribution in [0.2, 0.25) is 0 Å². The zero-order valence-electron chi connectivity index (χ0n) is 12.6. The van der Waals surface area contributed by atoms with Gasteiger partial charge >= 0.3 is 17.3 Å². The van der Waals surface area contributed by atoms with Crippen molar-refractivity contribution in [2.24, 2.45) is 0 Å². The van der Waals surface area contributed by atoms with Crippen LogP contribution in [0.1, 0.15) is 5.89 Å². The van der Waals surface area contributed by atoms with Crippen LogP contribution in [0.3, 0.4) is 0 Å². The molecule has 0 fully saturated rings. The van der Waals surface area contributed by atoms with Crippen molar-refractivity contribution < 1.29 is 19.0 Å². The van der Waals surface area contributed by atoms with E-state index in [9.17, 15) is 20.2 Å². The summed E-state index contributed by atoms with van der Waals surface area (Å²) in [6.07, 6.45) is 2.62. The number of ether oxygens (including phenoxy) is 1. The van der Waals surface area contributed by atoms with Gasteiger partial charge in [-0.3, -0.25) is 30.0 Å². The van der Waals surface area contributed by atoms with Crippen LogP contribution in [0.4, 0.5) is 11.4 Å². The average molecular weight is 350 g/mol. The van der Waals surface area contributed by atoms with E-state index < -0.39 is 15.5 Å². The molecule has 14 heteroatoms. The molecule has 3 heterocycles. The van der Waals surface area contributed by atoms with E-state index in [2.05, 4.69) is 25.5 Å². The summed E-state index contributed by atoms with van der Waals surface area (Å²) >= 11 is 0. The molecule has 0 spiro atoms. The fraction of sp³-hybridized carbons (Fsp3) is 0.273. The topological polar surface area (TPSA) is 181 Å². The number of nitrogens with zero attached hydrogens (tertiary/aromatic N) is 7. The third-order valence-corrected chi connectivity index (χ3v) is 3.15. The number of aromatic nitrogens is 6. The lowest BCUT2D eigenvalue weighted by molar-refractivity contribution is -0.385. The number of nitrogens with one attached hydrogen (secondary N) is 1. The maximum absolute atomic E-state index is 11.1. The molecule has 0 bridgehead atoms. The molecule has 0 saturated carbocycles. The Labute approximate surface area is 137 Å². The fourth-order valence-corrected chi connectivity index (χ4v) is 2.02. The SMILES string of the molecule is COc1n[nH]c(-c2nnc(CCn3cc([N+](=O)[O-])cn3)o2)c1[N+](=O)[O-]. The van der Waals surface area contributed by atoms with Crippen LogP contribution in [0.25, 0.3) is 11.6 Å². The molecular weight excluding hydrogens is 340 g/mol. The number of methoxy groups -OCH3 is 1. The summed E-state index contributed by atoms with van der Waals surface area (Å²) < 4.78 is 11.5. The summed E-state index contributed by atoms with van der Waals surface area (Å²) in [5.41, 5.74) is -0.623. The molecule has 0 aliphatic rings. The first-order valence-corrected chi connectivity index (χ1v) is 6.76. The van der Waals surface area contributed by atoms with Gasteiger partial charge in [-0.05, 0) is 0 Å². The van der Waals surface area contributed by atoms with Gasteiger partial charge in [0.2, 0.25) is 11.6 Å². The molecule has 0 aliphatic carbocycles. The molecule has 3 rings (SSSR count). The molecule has 25 heavy (non-hydrogen) atoms. The molecule has 0 saturated heterocycles. The van der Waals surface area contributed by atoms with Gasteiger partial charge in [-0.2, -0.15) is 5.10 Å². The van der Waals surface area contributed by atoms with Gasteiger partial charge in [0.15, 0.2) is 0 Å². The Balaban J connectivity index is 1.75. The number of nitro groups is 2. The van der Waals surface area contributed by atoms with Gasteiger partial charge in [-0.1, -0.05) is 0 Å². The molecule has 3 aromatic rings. The number of aryl methyl sites for hydroxylation is 2. The smallest absolute Gasteiger partial charge is 0.362 e. The second kappa shape index (κ2) is 6.34. The normalized spacial score (nSPS) is 10.8. The highest BCUT2D eigenvalue weighted by molar-refractivity contribution is 5.66. The van der Waals surface area contributed by atoms with E-state index in [0.29, 0.717) is 0 Å². The third-order valence-electron chi connectivity index (χ3n) is 3.15. The van der Waals surface area contributed by atoms with Crippen molar-refractivity contribution in [1.29, 1.82) is 0 Å². The summed E-state index contributed by atoms with van der Waals surface area (Å²) in [7, 11) is 1.25. The quantitative estimate of drug-likeness (QED) is 0.471. The van der Waals surface area contributed by atoms with Crippen LogP contribution in [0.15, 0.2) is 16.8 Å². The average Bonchev–Trinajstić information content (AvgIpc) is 3.30.